The van der Waals surface area contributed by atoms with Crippen molar-refractivity contribution in [1.29, 1.82) is 0 Å². The molecule has 3 aromatic carbocycles. The number of fused-ring (bicyclic) bond motifs is 1. The van der Waals surface area contributed by atoms with Crippen LogP contribution in [0.15, 0.2) is 71.5 Å². The second-order valence-corrected chi connectivity index (χ2v) is 7.21. The molecule has 1 aromatic heterocycles. The van der Waals surface area contributed by atoms with Gasteiger partial charge in [0.25, 0.3) is 11.5 Å². The summed E-state index contributed by atoms with van der Waals surface area (Å²) in [6, 6.07) is 17.5. The minimum Gasteiger partial charge on any atom is -0.481 e. The van der Waals surface area contributed by atoms with Crippen LogP contribution in [0.4, 0.5) is 10.1 Å². The Morgan fingerprint density at radius 2 is 1.87 bits per heavy atom. The monoisotopic (exact) mass is 437 g/mol. The molecule has 0 aliphatic carbocycles. The van der Waals surface area contributed by atoms with E-state index in [-0.39, 0.29) is 17.9 Å². The van der Waals surface area contributed by atoms with Crippen molar-refractivity contribution in [3.05, 3.63) is 93.7 Å². The number of para-hydroxylation sites is 1. The molecule has 0 saturated heterocycles. The molecule has 156 valence electrons. The minimum atomic E-state index is -0.551. The van der Waals surface area contributed by atoms with E-state index in [1.807, 2.05) is 0 Å². The van der Waals surface area contributed by atoms with Gasteiger partial charge in [0.15, 0.2) is 18.2 Å². The van der Waals surface area contributed by atoms with Gasteiger partial charge in [-0.25, -0.2) is 9.37 Å². The third kappa shape index (κ3) is 4.41. The SMILES string of the molecule is Cc1nc2ccc(NC(=O)COc3ccccc3F)cc2c(=O)n1-c1ccc(Cl)cc1. The molecule has 4 aromatic rings. The van der Waals surface area contributed by atoms with E-state index in [0.717, 1.165) is 0 Å². The highest BCUT2D eigenvalue weighted by atomic mass is 35.5. The van der Waals surface area contributed by atoms with Crippen LogP contribution in [0, 0.1) is 12.7 Å². The number of nitrogens with one attached hydrogen (secondary N) is 1. The summed E-state index contributed by atoms with van der Waals surface area (Å²) in [4.78, 5) is 29.8. The molecule has 0 radical (unpaired) electrons. The molecule has 0 spiro atoms. The lowest BCUT2D eigenvalue weighted by atomic mass is 10.2. The van der Waals surface area contributed by atoms with Gasteiger partial charge in [-0.2, -0.15) is 0 Å². The molecule has 0 aliphatic heterocycles. The topological polar surface area (TPSA) is 73.2 Å². The highest BCUT2D eigenvalue weighted by molar-refractivity contribution is 6.30. The first-order valence-corrected chi connectivity index (χ1v) is 9.77. The van der Waals surface area contributed by atoms with Gasteiger partial charge in [-0.05, 0) is 61.5 Å². The van der Waals surface area contributed by atoms with Gasteiger partial charge >= 0.3 is 0 Å². The summed E-state index contributed by atoms with van der Waals surface area (Å²) in [6.07, 6.45) is 0. The fourth-order valence-corrected chi connectivity index (χ4v) is 3.30. The second kappa shape index (κ2) is 8.57. The first kappa shape index (κ1) is 20.6. The third-order valence-corrected chi connectivity index (χ3v) is 4.85. The Morgan fingerprint density at radius 1 is 1.13 bits per heavy atom. The van der Waals surface area contributed by atoms with Crippen molar-refractivity contribution >= 4 is 34.1 Å². The fourth-order valence-electron chi connectivity index (χ4n) is 3.17. The number of carbonyl (C=O) groups is 1. The van der Waals surface area contributed by atoms with E-state index in [1.165, 1.54) is 22.8 Å². The summed E-state index contributed by atoms with van der Waals surface area (Å²) in [5.74, 6) is -0.525. The Kier molecular flexibility index (Phi) is 5.68. The van der Waals surface area contributed by atoms with Crippen LogP contribution >= 0.6 is 11.6 Å². The molecule has 0 bridgehead atoms. The van der Waals surface area contributed by atoms with Gasteiger partial charge in [0, 0.05) is 10.7 Å². The molecule has 1 heterocycles. The molecule has 0 aliphatic rings. The Bertz CT molecular complexity index is 1340. The molecule has 0 atom stereocenters. The van der Waals surface area contributed by atoms with Crippen LogP contribution in [0.2, 0.25) is 5.02 Å². The van der Waals surface area contributed by atoms with E-state index in [4.69, 9.17) is 16.3 Å². The lowest BCUT2D eigenvalue weighted by Crippen LogP contribution is -2.23. The standard InChI is InChI=1S/C23H17ClFN3O3/c1-14-26-20-11-8-16(27-22(29)13-31-21-5-3-2-4-19(21)25)12-18(20)23(30)28(14)17-9-6-15(24)7-10-17/h2-12H,13H2,1H3,(H,27,29). The third-order valence-electron chi connectivity index (χ3n) is 4.60. The van der Waals surface area contributed by atoms with Crippen LogP contribution in [-0.2, 0) is 4.79 Å². The Hall–Kier alpha value is -3.71. The van der Waals surface area contributed by atoms with Crippen LogP contribution in [0.25, 0.3) is 16.6 Å². The van der Waals surface area contributed by atoms with Crippen molar-refractivity contribution < 1.29 is 13.9 Å². The molecule has 1 N–H and O–H groups in total. The number of ether oxygens (including phenoxy) is 1. The van der Waals surface area contributed by atoms with Gasteiger partial charge in [-0.15, -0.1) is 0 Å². The fraction of sp³-hybridized carbons (Fsp3) is 0.0870. The number of carbonyl (C=O) groups excluding carboxylic acids is 1. The number of anilines is 1. The number of aryl methyl sites for hydroxylation is 1. The van der Waals surface area contributed by atoms with Crippen LogP contribution in [0.5, 0.6) is 5.75 Å². The van der Waals surface area contributed by atoms with Crippen LogP contribution in [-0.4, -0.2) is 22.1 Å². The first-order chi connectivity index (χ1) is 14.9. The predicted octanol–water partition coefficient (Wildman–Crippen LogP) is 4.50. The van der Waals surface area contributed by atoms with Crippen molar-refractivity contribution in [3.63, 3.8) is 0 Å². The van der Waals surface area contributed by atoms with Crippen molar-refractivity contribution in [2.45, 2.75) is 6.92 Å². The maximum Gasteiger partial charge on any atom is 0.266 e. The quantitative estimate of drug-likeness (QED) is 0.498. The molecule has 0 unspecified atom stereocenters. The zero-order valence-electron chi connectivity index (χ0n) is 16.4. The van der Waals surface area contributed by atoms with Crippen LogP contribution in [0.3, 0.4) is 0 Å². The van der Waals surface area contributed by atoms with Gasteiger partial charge in [0.2, 0.25) is 0 Å². The molecule has 0 saturated carbocycles. The summed E-state index contributed by atoms with van der Waals surface area (Å²) < 4.78 is 20.3. The van der Waals surface area contributed by atoms with Gasteiger partial charge in [-0.3, -0.25) is 14.2 Å². The molecular formula is C23H17ClFN3O3. The number of aromatic nitrogens is 2. The van der Waals surface area contributed by atoms with Crippen molar-refractivity contribution in [2.24, 2.45) is 0 Å². The number of rotatable bonds is 5. The molecule has 4 rings (SSSR count). The lowest BCUT2D eigenvalue weighted by Gasteiger charge is -2.12. The minimum absolute atomic E-state index is 0.0123. The maximum atomic E-state index is 13.6. The van der Waals surface area contributed by atoms with E-state index in [0.29, 0.717) is 33.1 Å². The smallest absolute Gasteiger partial charge is 0.266 e. The van der Waals surface area contributed by atoms with Gasteiger partial charge in [-0.1, -0.05) is 23.7 Å². The van der Waals surface area contributed by atoms with E-state index < -0.39 is 11.7 Å². The van der Waals surface area contributed by atoms with E-state index in [9.17, 15) is 14.0 Å². The van der Waals surface area contributed by atoms with Crippen LogP contribution in [0.1, 0.15) is 5.82 Å². The number of amides is 1. The average Bonchev–Trinajstić information content (AvgIpc) is 2.75. The summed E-state index contributed by atoms with van der Waals surface area (Å²) >= 11 is 5.94. The highest BCUT2D eigenvalue weighted by Crippen LogP contribution is 2.19. The normalized spacial score (nSPS) is 10.8. The molecule has 0 fully saturated rings. The number of hydrogen-bond acceptors (Lipinski definition) is 4. The second-order valence-electron chi connectivity index (χ2n) is 6.78. The van der Waals surface area contributed by atoms with Crippen molar-refractivity contribution in [2.75, 3.05) is 11.9 Å². The first-order valence-electron chi connectivity index (χ1n) is 9.39. The Morgan fingerprint density at radius 3 is 2.61 bits per heavy atom. The van der Waals surface area contributed by atoms with Gasteiger partial charge in [0.1, 0.15) is 5.82 Å². The predicted molar refractivity (Wildman–Crippen MR) is 118 cm³/mol. The zero-order chi connectivity index (χ0) is 22.0. The van der Waals surface area contributed by atoms with E-state index in [1.54, 1.807) is 55.5 Å². The summed E-state index contributed by atoms with van der Waals surface area (Å²) in [5.41, 5.74) is 1.27. The summed E-state index contributed by atoms with van der Waals surface area (Å²) in [7, 11) is 0. The lowest BCUT2D eigenvalue weighted by molar-refractivity contribution is -0.118. The van der Waals surface area contributed by atoms with Crippen molar-refractivity contribution in [1.82, 2.24) is 9.55 Å². The largest absolute Gasteiger partial charge is 0.481 e. The summed E-state index contributed by atoms with van der Waals surface area (Å²) in [5, 5.41) is 3.55. The number of benzene rings is 3. The number of hydrogen-bond donors (Lipinski definition) is 1. The van der Waals surface area contributed by atoms with Crippen LogP contribution < -0.4 is 15.6 Å². The maximum absolute atomic E-state index is 13.6. The Balaban J connectivity index is 1.60. The summed E-state index contributed by atoms with van der Waals surface area (Å²) in [6.45, 7) is 1.37. The van der Waals surface area contributed by atoms with Crippen molar-refractivity contribution in [3.8, 4) is 11.4 Å². The molecule has 1 amide bonds. The zero-order valence-corrected chi connectivity index (χ0v) is 17.2. The van der Waals surface area contributed by atoms with Gasteiger partial charge in [0.05, 0.1) is 16.6 Å². The van der Waals surface area contributed by atoms with Gasteiger partial charge < -0.3 is 10.1 Å². The highest BCUT2D eigenvalue weighted by Gasteiger charge is 2.12. The molecular weight excluding hydrogens is 421 g/mol. The van der Waals surface area contributed by atoms with E-state index >= 15 is 0 Å². The van der Waals surface area contributed by atoms with E-state index in [2.05, 4.69) is 10.3 Å². The Labute approximate surface area is 181 Å². The number of nitrogens with zero attached hydrogens (tertiary/aromatic N) is 2. The molecule has 31 heavy (non-hydrogen) atoms. The molecule has 8 heteroatoms. The average molecular weight is 438 g/mol. The molecule has 6 nitrogen and oxygen atoms in total. The number of halogens is 2.